The third-order valence-corrected chi connectivity index (χ3v) is 7.71. The lowest BCUT2D eigenvalue weighted by atomic mass is 9.77. The Hall–Kier alpha value is -2.91. The number of nitrogens with one attached hydrogen (secondary N) is 3. The normalized spacial score (nSPS) is 19.8. The van der Waals surface area contributed by atoms with Crippen LogP contribution in [0, 0.1) is 0 Å². The lowest BCUT2D eigenvalue weighted by molar-refractivity contribution is -0.122. The van der Waals surface area contributed by atoms with Crippen LogP contribution in [0.1, 0.15) is 70.6 Å². The fraction of sp³-hybridized carbons (Fsp3) is 0.536. The molecule has 2 aromatic rings. The zero-order valence-corrected chi connectivity index (χ0v) is 23.4. The molecule has 1 heterocycles. The molecule has 202 valence electrons. The zero-order valence-electron chi connectivity index (χ0n) is 22.6. The summed E-state index contributed by atoms with van der Waals surface area (Å²) in [6, 6.07) is 11.1. The van der Waals surface area contributed by atoms with Gasteiger partial charge in [0.05, 0.1) is 5.54 Å². The van der Waals surface area contributed by atoms with Gasteiger partial charge in [-0.05, 0) is 103 Å². The molecule has 8 nitrogen and oxygen atoms in total. The summed E-state index contributed by atoms with van der Waals surface area (Å²) in [7, 11) is 4.27. The Morgan fingerprint density at radius 1 is 1.03 bits per heavy atom. The predicted molar refractivity (Wildman–Crippen MR) is 148 cm³/mol. The molecule has 0 saturated heterocycles. The maximum atomic E-state index is 12.5. The molecule has 9 heteroatoms. The average molecular weight is 529 g/mol. The molecule has 1 saturated carbocycles. The minimum Gasteiger partial charge on any atom is -0.410 e. The van der Waals surface area contributed by atoms with Crippen LogP contribution in [0.3, 0.4) is 0 Å². The highest BCUT2D eigenvalue weighted by Crippen LogP contribution is 2.43. The molecule has 0 atom stereocenters. The number of anilines is 1. The van der Waals surface area contributed by atoms with Crippen LogP contribution < -0.4 is 20.7 Å². The molecule has 0 radical (unpaired) electrons. The fourth-order valence-corrected chi connectivity index (χ4v) is 5.74. The second-order valence-corrected chi connectivity index (χ2v) is 11.9. The van der Waals surface area contributed by atoms with Crippen LogP contribution in [0.15, 0.2) is 41.8 Å². The molecule has 1 aliphatic rings. The van der Waals surface area contributed by atoms with E-state index < -0.39 is 6.09 Å². The molecular formula is C28H40N4O4S. The van der Waals surface area contributed by atoms with Gasteiger partial charge in [0.2, 0.25) is 11.8 Å². The van der Waals surface area contributed by atoms with Gasteiger partial charge in [0.1, 0.15) is 5.75 Å². The molecule has 0 aliphatic heterocycles. The number of amides is 3. The average Bonchev–Trinajstić information content (AvgIpc) is 3.35. The highest BCUT2D eigenvalue weighted by Gasteiger charge is 2.39. The van der Waals surface area contributed by atoms with E-state index in [1.807, 2.05) is 20.8 Å². The number of carbonyl (C=O) groups is 3. The maximum absolute atomic E-state index is 12.5. The summed E-state index contributed by atoms with van der Waals surface area (Å²) < 4.78 is 5.24. The van der Waals surface area contributed by atoms with Crippen LogP contribution >= 0.6 is 11.3 Å². The summed E-state index contributed by atoms with van der Waals surface area (Å²) in [6.45, 7) is 5.61. The molecule has 3 N–H and O–H groups in total. The lowest BCUT2D eigenvalue weighted by Crippen LogP contribution is -2.48. The number of carbonyl (C=O) groups excluding carboxylic acids is 3. The van der Waals surface area contributed by atoms with Gasteiger partial charge in [0.25, 0.3) is 0 Å². The van der Waals surface area contributed by atoms with Crippen LogP contribution in [-0.2, 0) is 15.1 Å². The van der Waals surface area contributed by atoms with Crippen molar-refractivity contribution in [3.05, 3.63) is 46.7 Å². The fourth-order valence-electron chi connectivity index (χ4n) is 4.67. The monoisotopic (exact) mass is 528 g/mol. The maximum Gasteiger partial charge on any atom is 0.413 e. The van der Waals surface area contributed by atoms with Crippen LogP contribution in [0.5, 0.6) is 5.75 Å². The smallest absolute Gasteiger partial charge is 0.410 e. The van der Waals surface area contributed by atoms with Crippen molar-refractivity contribution in [3.8, 4) is 5.75 Å². The number of rotatable bonds is 9. The summed E-state index contributed by atoms with van der Waals surface area (Å²) in [5.41, 5.74) is 0.271. The van der Waals surface area contributed by atoms with Crippen LogP contribution in [0.2, 0.25) is 0 Å². The molecule has 1 aliphatic carbocycles. The third-order valence-electron chi connectivity index (χ3n) is 6.65. The standard InChI is InChI=1S/C28H40N4O4S/c1-27(2,3)31-26(35)36-22-13-11-20(12-14-22)29-24(33)9-6-10-25(34)30-21-15-17-28(18-16-21,32(4)5)23-8-7-19-37-23/h7-8,11-14,19,21H,6,9-10,15-18H2,1-5H3,(H,29,33)(H,30,34)(H,31,35). The Morgan fingerprint density at radius 3 is 2.24 bits per heavy atom. The van der Waals surface area contributed by atoms with Gasteiger partial charge >= 0.3 is 6.09 Å². The van der Waals surface area contributed by atoms with Crippen molar-refractivity contribution in [2.75, 3.05) is 19.4 Å². The van der Waals surface area contributed by atoms with Crippen molar-refractivity contribution >= 4 is 34.9 Å². The summed E-state index contributed by atoms with van der Waals surface area (Å²) >= 11 is 1.80. The summed E-state index contributed by atoms with van der Waals surface area (Å²) in [5, 5.41) is 10.8. The van der Waals surface area contributed by atoms with E-state index in [4.69, 9.17) is 4.74 Å². The van der Waals surface area contributed by atoms with Gasteiger partial charge in [-0.15, -0.1) is 11.3 Å². The molecule has 0 spiro atoms. The number of hydrogen-bond donors (Lipinski definition) is 3. The quantitative estimate of drug-likeness (QED) is 0.412. The Bertz CT molecular complexity index is 1040. The van der Waals surface area contributed by atoms with E-state index in [1.165, 1.54) is 4.88 Å². The molecule has 37 heavy (non-hydrogen) atoms. The SMILES string of the molecule is CN(C)C1(c2cccs2)CCC(NC(=O)CCCC(=O)Nc2ccc(OC(=O)NC(C)(C)C)cc2)CC1. The highest BCUT2D eigenvalue weighted by molar-refractivity contribution is 7.10. The first-order valence-corrected chi connectivity index (χ1v) is 13.8. The second kappa shape index (κ2) is 12.6. The number of ether oxygens (including phenoxy) is 1. The Morgan fingerprint density at radius 2 is 1.68 bits per heavy atom. The van der Waals surface area contributed by atoms with Crippen LogP contribution in [0.25, 0.3) is 0 Å². The largest absolute Gasteiger partial charge is 0.413 e. The number of benzene rings is 1. The molecule has 3 rings (SSSR count). The van der Waals surface area contributed by atoms with Gasteiger partial charge in [0, 0.05) is 35.0 Å². The van der Waals surface area contributed by atoms with Crippen molar-refractivity contribution in [2.24, 2.45) is 0 Å². The molecule has 1 aromatic heterocycles. The first-order chi connectivity index (χ1) is 17.5. The molecule has 3 amide bonds. The Labute approximate surface area is 224 Å². The minimum atomic E-state index is -0.532. The van der Waals surface area contributed by atoms with Crippen LogP contribution in [-0.4, -0.2) is 48.5 Å². The molecule has 0 bridgehead atoms. The van der Waals surface area contributed by atoms with Gasteiger partial charge < -0.3 is 20.7 Å². The minimum absolute atomic E-state index is 0.00121. The van der Waals surface area contributed by atoms with E-state index in [1.54, 1.807) is 35.6 Å². The third kappa shape index (κ3) is 8.57. The predicted octanol–water partition coefficient (Wildman–Crippen LogP) is 5.26. The lowest BCUT2D eigenvalue weighted by Gasteiger charge is -2.44. The summed E-state index contributed by atoms with van der Waals surface area (Å²) in [6.07, 6.45) is 4.44. The van der Waals surface area contributed by atoms with E-state index >= 15 is 0 Å². The van der Waals surface area contributed by atoms with Crippen molar-refractivity contribution in [3.63, 3.8) is 0 Å². The first kappa shape index (κ1) is 28.7. The van der Waals surface area contributed by atoms with Gasteiger partial charge in [0.15, 0.2) is 0 Å². The Kier molecular flexibility index (Phi) is 9.73. The van der Waals surface area contributed by atoms with Gasteiger partial charge in [-0.25, -0.2) is 4.79 Å². The highest BCUT2D eigenvalue weighted by atomic mass is 32.1. The van der Waals surface area contributed by atoms with E-state index in [0.29, 0.717) is 24.3 Å². The zero-order chi connectivity index (χ0) is 27.1. The van der Waals surface area contributed by atoms with Crippen LogP contribution in [0.4, 0.5) is 10.5 Å². The first-order valence-electron chi connectivity index (χ1n) is 12.9. The van der Waals surface area contributed by atoms with E-state index in [2.05, 4.69) is 52.5 Å². The van der Waals surface area contributed by atoms with Gasteiger partial charge in [-0.3, -0.25) is 14.5 Å². The van der Waals surface area contributed by atoms with Gasteiger partial charge in [-0.2, -0.15) is 0 Å². The van der Waals surface area contributed by atoms with E-state index in [-0.39, 0.29) is 35.4 Å². The molecular weight excluding hydrogens is 488 g/mol. The topological polar surface area (TPSA) is 99.8 Å². The number of thiophene rings is 1. The van der Waals surface area contributed by atoms with Gasteiger partial charge in [-0.1, -0.05) is 6.07 Å². The van der Waals surface area contributed by atoms with Crippen molar-refractivity contribution in [1.82, 2.24) is 15.5 Å². The molecule has 0 unspecified atom stereocenters. The number of hydrogen-bond acceptors (Lipinski definition) is 6. The van der Waals surface area contributed by atoms with Crippen molar-refractivity contribution in [1.29, 1.82) is 0 Å². The Balaban J connectivity index is 1.35. The second-order valence-electron chi connectivity index (χ2n) is 10.9. The van der Waals surface area contributed by atoms with Crippen molar-refractivity contribution < 1.29 is 19.1 Å². The molecule has 1 aromatic carbocycles. The van der Waals surface area contributed by atoms with Crippen molar-refractivity contribution in [2.45, 2.75) is 82.8 Å². The molecule has 1 fully saturated rings. The van der Waals surface area contributed by atoms with E-state index in [0.717, 1.165) is 25.7 Å². The summed E-state index contributed by atoms with van der Waals surface area (Å²) in [5.74, 6) is 0.231. The number of nitrogens with zero attached hydrogens (tertiary/aromatic N) is 1. The summed E-state index contributed by atoms with van der Waals surface area (Å²) in [4.78, 5) is 40.4. The van der Waals surface area contributed by atoms with E-state index in [9.17, 15) is 14.4 Å².